The molecule has 1 aromatic heterocycles. The fourth-order valence-corrected chi connectivity index (χ4v) is 5.15. The summed E-state index contributed by atoms with van der Waals surface area (Å²) in [4.78, 5) is 44.9. The largest absolute Gasteiger partial charge is 0.325 e. The van der Waals surface area contributed by atoms with E-state index in [2.05, 4.69) is 5.32 Å². The van der Waals surface area contributed by atoms with Crippen molar-refractivity contribution < 1.29 is 14.4 Å². The number of urea groups is 1. The molecule has 0 bridgehead atoms. The first-order chi connectivity index (χ1) is 14.4. The smallest absolute Gasteiger partial charge is 0.323 e. The van der Waals surface area contributed by atoms with Crippen molar-refractivity contribution in [3.63, 3.8) is 0 Å². The number of carbonyl (C=O) groups excluding carboxylic acids is 3. The van der Waals surface area contributed by atoms with Crippen LogP contribution in [0.25, 0.3) is 0 Å². The molecule has 2 unspecified atom stereocenters. The van der Waals surface area contributed by atoms with Crippen molar-refractivity contribution in [2.45, 2.75) is 83.2 Å². The van der Waals surface area contributed by atoms with E-state index in [1.54, 1.807) is 6.20 Å². The zero-order valence-corrected chi connectivity index (χ0v) is 18.0. The Morgan fingerprint density at radius 1 is 1.17 bits per heavy atom. The van der Waals surface area contributed by atoms with Gasteiger partial charge in [-0.15, -0.1) is 0 Å². The Bertz CT molecular complexity index is 915. The maximum Gasteiger partial charge on any atom is 0.325 e. The lowest BCUT2D eigenvalue weighted by Gasteiger charge is -2.36. The first-order valence-corrected chi connectivity index (χ1v) is 11.3. The van der Waals surface area contributed by atoms with E-state index >= 15 is 0 Å². The Morgan fingerprint density at radius 3 is 2.63 bits per heavy atom. The minimum absolute atomic E-state index is 0.0756. The molecule has 1 saturated heterocycles. The predicted octanol–water partition coefficient (Wildman–Crippen LogP) is 3.17. The lowest BCUT2D eigenvalue weighted by molar-refractivity contribution is -0.134. The van der Waals surface area contributed by atoms with E-state index in [0.29, 0.717) is 11.9 Å². The standard InChI is InChI=1S/C23H32N4O3/c1-16-11-13-26(19(14-16)24-18-9-4-3-5-10-18)20(28)15-27-21(29)23(25-22(27)30)12-7-6-8-17(23)2/h11,13-14,17-18H,3-10,12,15H2,1-2H3,(H,25,30). The zero-order valence-electron chi connectivity index (χ0n) is 18.0. The van der Waals surface area contributed by atoms with Crippen LogP contribution in [0, 0.1) is 12.8 Å². The molecule has 2 aliphatic carbocycles. The molecule has 3 amide bonds. The summed E-state index contributed by atoms with van der Waals surface area (Å²) in [6.45, 7) is 3.72. The molecule has 4 rings (SSSR count). The summed E-state index contributed by atoms with van der Waals surface area (Å²) in [5.74, 6) is -0.494. The number of aromatic nitrogens is 1. The molecule has 3 aliphatic rings. The highest BCUT2D eigenvalue weighted by Crippen LogP contribution is 2.38. The van der Waals surface area contributed by atoms with Crippen LogP contribution >= 0.6 is 0 Å². The van der Waals surface area contributed by atoms with Crippen molar-refractivity contribution in [1.82, 2.24) is 14.8 Å². The van der Waals surface area contributed by atoms with Crippen LogP contribution in [0.5, 0.6) is 0 Å². The van der Waals surface area contributed by atoms with Gasteiger partial charge in [0.05, 0.1) is 6.04 Å². The van der Waals surface area contributed by atoms with Crippen LogP contribution in [0.3, 0.4) is 0 Å². The monoisotopic (exact) mass is 412 g/mol. The number of hydrogen-bond donors (Lipinski definition) is 1. The molecule has 1 spiro atoms. The molecular formula is C23H32N4O3. The minimum atomic E-state index is -0.844. The Morgan fingerprint density at radius 2 is 1.90 bits per heavy atom. The average Bonchev–Trinajstić information content (AvgIpc) is 2.96. The Balaban J connectivity index is 1.58. The number of aryl methyl sites for hydroxylation is 1. The van der Waals surface area contributed by atoms with Gasteiger partial charge in [0, 0.05) is 6.20 Å². The lowest BCUT2D eigenvalue weighted by Crippen LogP contribution is -2.54. The summed E-state index contributed by atoms with van der Waals surface area (Å²) in [5, 5.41) is 2.92. The molecule has 1 aliphatic heterocycles. The molecule has 7 heteroatoms. The second kappa shape index (κ2) is 8.36. The number of hydrogen-bond acceptors (Lipinski definition) is 4. The normalized spacial score (nSPS) is 28.3. The molecule has 2 heterocycles. The Labute approximate surface area is 177 Å². The number of nitrogens with zero attached hydrogens (tertiary/aromatic N) is 3. The van der Waals surface area contributed by atoms with Gasteiger partial charge >= 0.3 is 6.03 Å². The zero-order chi connectivity index (χ0) is 21.3. The molecule has 0 radical (unpaired) electrons. The van der Waals surface area contributed by atoms with Crippen LogP contribution in [0.2, 0.25) is 0 Å². The van der Waals surface area contributed by atoms with E-state index in [1.165, 1.54) is 11.0 Å². The Kier molecular flexibility index (Phi) is 5.80. The fraction of sp³-hybridized carbons (Fsp3) is 0.652. The van der Waals surface area contributed by atoms with E-state index < -0.39 is 11.6 Å². The molecule has 7 nitrogen and oxygen atoms in total. The molecule has 1 aromatic rings. The van der Waals surface area contributed by atoms with Crippen molar-refractivity contribution in [2.24, 2.45) is 10.9 Å². The van der Waals surface area contributed by atoms with Crippen molar-refractivity contribution in [3.05, 3.63) is 29.4 Å². The summed E-state index contributed by atoms with van der Waals surface area (Å²) in [7, 11) is 0. The van der Waals surface area contributed by atoms with Crippen molar-refractivity contribution in [2.75, 3.05) is 6.54 Å². The van der Waals surface area contributed by atoms with E-state index in [1.807, 2.05) is 26.0 Å². The van der Waals surface area contributed by atoms with Gasteiger partial charge in [0.1, 0.15) is 17.6 Å². The third-order valence-electron chi connectivity index (χ3n) is 7.04. The van der Waals surface area contributed by atoms with Crippen molar-refractivity contribution in [3.8, 4) is 0 Å². The second-order valence-electron chi connectivity index (χ2n) is 9.19. The minimum Gasteiger partial charge on any atom is -0.323 e. The van der Waals surface area contributed by atoms with Crippen molar-refractivity contribution >= 4 is 17.8 Å². The van der Waals surface area contributed by atoms with Crippen LogP contribution in [0.15, 0.2) is 23.3 Å². The first-order valence-electron chi connectivity index (χ1n) is 11.3. The number of rotatable bonds is 3. The third-order valence-corrected chi connectivity index (χ3v) is 7.04. The first kappa shape index (κ1) is 20.8. The average molecular weight is 413 g/mol. The van der Waals surface area contributed by atoms with Gasteiger partial charge in [-0.05, 0) is 56.2 Å². The van der Waals surface area contributed by atoms with Gasteiger partial charge in [0.15, 0.2) is 0 Å². The number of pyridine rings is 1. The predicted molar refractivity (Wildman–Crippen MR) is 113 cm³/mol. The molecule has 2 saturated carbocycles. The second-order valence-corrected chi connectivity index (χ2v) is 9.19. The van der Waals surface area contributed by atoms with Crippen molar-refractivity contribution in [1.29, 1.82) is 0 Å². The topological polar surface area (TPSA) is 83.8 Å². The maximum absolute atomic E-state index is 13.2. The maximum atomic E-state index is 13.2. The molecule has 3 fully saturated rings. The molecule has 1 N–H and O–H groups in total. The fourth-order valence-electron chi connectivity index (χ4n) is 5.15. The number of amides is 3. The van der Waals surface area contributed by atoms with Gasteiger partial charge in [-0.3, -0.25) is 24.0 Å². The SMILES string of the molecule is Cc1ccn(C(=O)CN2C(=O)NC3(CCCCC3C)C2=O)c(=NC2CCCCC2)c1. The molecule has 2 atom stereocenters. The van der Waals surface area contributed by atoms with Gasteiger partial charge < -0.3 is 5.32 Å². The summed E-state index contributed by atoms with van der Waals surface area (Å²) in [6, 6.07) is 3.53. The van der Waals surface area contributed by atoms with E-state index in [9.17, 15) is 14.4 Å². The number of imide groups is 1. The molecule has 162 valence electrons. The van der Waals surface area contributed by atoms with Crippen LogP contribution in [0.4, 0.5) is 4.79 Å². The van der Waals surface area contributed by atoms with Gasteiger partial charge in [-0.25, -0.2) is 4.79 Å². The van der Waals surface area contributed by atoms with Crippen LogP contribution in [0.1, 0.15) is 75.1 Å². The highest BCUT2D eigenvalue weighted by Gasteiger charge is 2.55. The summed E-state index contributed by atoms with van der Waals surface area (Å²) in [5.41, 5.74) is 0.793. The molecule has 30 heavy (non-hydrogen) atoms. The molecular weight excluding hydrogens is 380 g/mol. The quantitative estimate of drug-likeness (QED) is 0.774. The molecule has 0 aromatic carbocycles. The van der Waals surface area contributed by atoms with Crippen LogP contribution in [-0.2, 0) is 4.79 Å². The van der Waals surface area contributed by atoms with E-state index in [0.717, 1.165) is 55.4 Å². The van der Waals surface area contributed by atoms with Crippen LogP contribution in [-0.4, -0.2) is 45.4 Å². The van der Waals surface area contributed by atoms with Gasteiger partial charge in [0.2, 0.25) is 0 Å². The number of nitrogens with one attached hydrogen (secondary N) is 1. The Hall–Kier alpha value is -2.44. The van der Waals surface area contributed by atoms with E-state index in [4.69, 9.17) is 4.99 Å². The van der Waals surface area contributed by atoms with Gasteiger partial charge in [-0.1, -0.05) is 39.0 Å². The van der Waals surface area contributed by atoms with Gasteiger partial charge in [-0.2, -0.15) is 0 Å². The summed E-state index contributed by atoms with van der Waals surface area (Å²) >= 11 is 0. The van der Waals surface area contributed by atoms with Crippen LogP contribution < -0.4 is 10.8 Å². The lowest BCUT2D eigenvalue weighted by atomic mass is 9.73. The number of carbonyl (C=O) groups is 3. The third kappa shape index (κ3) is 3.82. The summed E-state index contributed by atoms with van der Waals surface area (Å²) < 4.78 is 1.50. The van der Waals surface area contributed by atoms with Gasteiger partial charge in [0.25, 0.3) is 11.8 Å². The summed E-state index contributed by atoms with van der Waals surface area (Å²) in [6.07, 6.45) is 10.9. The van der Waals surface area contributed by atoms with E-state index in [-0.39, 0.29) is 30.3 Å². The highest BCUT2D eigenvalue weighted by molar-refractivity contribution is 6.09. The highest BCUT2D eigenvalue weighted by atomic mass is 16.2.